The summed E-state index contributed by atoms with van der Waals surface area (Å²) in [6.45, 7) is 2.66. The fourth-order valence-electron chi connectivity index (χ4n) is 2.87. The summed E-state index contributed by atoms with van der Waals surface area (Å²) in [4.78, 5) is 26.2. The number of hydrogen-bond acceptors (Lipinski definition) is 4. The Morgan fingerprint density at radius 1 is 0.963 bits per heavy atom. The van der Waals surface area contributed by atoms with E-state index in [0.717, 1.165) is 23.3 Å². The molecule has 2 amide bonds. The molecule has 6 nitrogen and oxygen atoms in total. The van der Waals surface area contributed by atoms with Gasteiger partial charge in [-0.1, -0.05) is 55.8 Å². The molecule has 1 unspecified atom stereocenters. The molecule has 0 aliphatic carbocycles. The zero-order valence-corrected chi connectivity index (χ0v) is 16.2. The van der Waals surface area contributed by atoms with Gasteiger partial charge in [0.1, 0.15) is 6.29 Å². The predicted octanol–water partition coefficient (Wildman–Crippen LogP) is 4.04. The fourth-order valence-corrected chi connectivity index (χ4v) is 4.63. The third-order valence-electron chi connectivity index (χ3n) is 4.37. The van der Waals surface area contributed by atoms with E-state index in [1.807, 2.05) is 37.3 Å². The lowest BCUT2D eigenvalue weighted by Gasteiger charge is -2.24. The van der Waals surface area contributed by atoms with Crippen LogP contribution in [-0.4, -0.2) is 29.5 Å². The summed E-state index contributed by atoms with van der Waals surface area (Å²) in [5.74, 6) is -0.868. The topological polar surface area (TPSA) is 75.7 Å². The number of carbonyl (C=O) groups is 2. The van der Waals surface area contributed by atoms with Gasteiger partial charge in [0.2, 0.25) is 0 Å². The summed E-state index contributed by atoms with van der Waals surface area (Å²) in [7, 11) is -3.43. The summed E-state index contributed by atoms with van der Waals surface area (Å²) in [5, 5.41) is 2.95. The number of unbranched alkanes of at least 4 members (excludes halogenated alkanes) is 1. The van der Waals surface area contributed by atoms with Crippen molar-refractivity contribution in [2.75, 3.05) is 12.8 Å². The van der Waals surface area contributed by atoms with Crippen LogP contribution in [0.5, 0.6) is 0 Å². The van der Waals surface area contributed by atoms with Gasteiger partial charge >= 0.3 is 0 Å². The van der Waals surface area contributed by atoms with E-state index >= 15 is 0 Å². The first kappa shape index (κ1) is 19.5. The summed E-state index contributed by atoms with van der Waals surface area (Å²) >= 11 is 0. The van der Waals surface area contributed by atoms with Crippen molar-refractivity contribution in [2.45, 2.75) is 26.4 Å². The van der Waals surface area contributed by atoms with E-state index in [-0.39, 0.29) is 12.9 Å². The van der Waals surface area contributed by atoms with Gasteiger partial charge in [0.25, 0.3) is 19.3 Å². The van der Waals surface area contributed by atoms with Crippen LogP contribution < -0.4 is 5.09 Å². The Bertz CT molecular complexity index is 834. The highest BCUT2D eigenvalue weighted by molar-refractivity contribution is 7.56. The molecule has 1 aliphatic heterocycles. The van der Waals surface area contributed by atoms with Crippen molar-refractivity contribution in [3.8, 4) is 0 Å². The van der Waals surface area contributed by atoms with Crippen molar-refractivity contribution in [1.29, 1.82) is 0 Å². The maximum absolute atomic E-state index is 13.4. The Hall–Kier alpha value is -2.27. The third kappa shape index (κ3) is 4.53. The number of carbonyl (C=O) groups excluding carboxylic acids is 2. The first-order valence-electron chi connectivity index (χ1n) is 9.02. The van der Waals surface area contributed by atoms with Crippen molar-refractivity contribution in [2.24, 2.45) is 0 Å². The maximum Gasteiger partial charge on any atom is 0.289 e. The minimum atomic E-state index is -3.43. The first-order chi connectivity index (χ1) is 13.0. The van der Waals surface area contributed by atoms with E-state index in [4.69, 9.17) is 4.52 Å². The second-order valence-corrected chi connectivity index (χ2v) is 8.62. The van der Waals surface area contributed by atoms with Crippen molar-refractivity contribution in [3.63, 3.8) is 0 Å². The third-order valence-corrected chi connectivity index (χ3v) is 6.28. The van der Waals surface area contributed by atoms with Crippen LogP contribution in [0, 0.1) is 0 Å². The van der Waals surface area contributed by atoms with Crippen molar-refractivity contribution in [1.82, 2.24) is 9.99 Å². The summed E-state index contributed by atoms with van der Waals surface area (Å²) in [6.07, 6.45) is 1.47. The van der Waals surface area contributed by atoms with Gasteiger partial charge in [0.05, 0.1) is 17.7 Å². The zero-order valence-electron chi connectivity index (χ0n) is 15.3. The van der Waals surface area contributed by atoms with Gasteiger partial charge in [-0.05, 0) is 24.1 Å². The highest BCUT2D eigenvalue weighted by Crippen LogP contribution is 2.45. The second-order valence-electron chi connectivity index (χ2n) is 6.42. The summed E-state index contributed by atoms with van der Waals surface area (Å²) in [6, 6.07) is 16.0. The quantitative estimate of drug-likeness (QED) is 0.400. The molecule has 0 saturated carbocycles. The number of imide groups is 1. The number of rotatable bonds is 9. The summed E-state index contributed by atoms with van der Waals surface area (Å²) in [5.41, 5.74) is 1.55. The molecular weight excluding hydrogens is 363 g/mol. The lowest BCUT2D eigenvalue weighted by atomic mass is 10.1. The number of benzene rings is 2. The van der Waals surface area contributed by atoms with Gasteiger partial charge in [-0.15, -0.1) is 0 Å². The highest BCUT2D eigenvalue weighted by atomic mass is 31.2. The molecule has 0 aromatic heterocycles. The Morgan fingerprint density at radius 2 is 1.56 bits per heavy atom. The Kier molecular flexibility index (Phi) is 6.22. The molecule has 0 fully saturated rings. The Labute approximate surface area is 159 Å². The fraction of sp³-hybridized carbons (Fsp3) is 0.300. The number of amides is 2. The SMILES string of the molecule is CCCCNP(=O)(CN1C(=O)c2ccccc2C1=O)OCc1ccccc1. The number of nitrogens with zero attached hydrogens (tertiary/aromatic N) is 1. The lowest BCUT2D eigenvalue weighted by Crippen LogP contribution is -2.34. The molecule has 27 heavy (non-hydrogen) atoms. The number of hydrogen-bond donors (Lipinski definition) is 1. The standard InChI is InChI=1S/C20H23N2O4P/c1-2-3-13-21-27(25,26-14-16-9-5-4-6-10-16)15-22-19(23)17-11-7-8-12-18(17)20(22)24/h4-12H,2-3,13-15H2,1H3,(H,21,25). The normalized spacial score (nSPS) is 15.7. The molecular formula is C20H23N2O4P. The molecule has 1 aliphatic rings. The minimum absolute atomic E-state index is 0.139. The van der Waals surface area contributed by atoms with E-state index in [1.54, 1.807) is 24.3 Å². The molecule has 1 heterocycles. The van der Waals surface area contributed by atoms with Gasteiger partial charge in [0.15, 0.2) is 0 Å². The molecule has 0 bridgehead atoms. The van der Waals surface area contributed by atoms with Crippen LogP contribution >= 0.6 is 7.52 Å². The molecule has 0 radical (unpaired) electrons. The lowest BCUT2D eigenvalue weighted by molar-refractivity contribution is 0.0672. The molecule has 0 saturated heterocycles. The Morgan fingerprint density at radius 3 is 2.15 bits per heavy atom. The van der Waals surface area contributed by atoms with E-state index in [9.17, 15) is 14.2 Å². The highest BCUT2D eigenvalue weighted by Gasteiger charge is 2.40. The van der Waals surface area contributed by atoms with Crippen LogP contribution in [0.15, 0.2) is 54.6 Å². The zero-order chi connectivity index (χ0) is 19.3. The minimum Gasteiger partial charge on any atom is -0.312 e. The Balaban J connectivity index is 1.76. The van der Waals surface area contributed by atoms with E-state index in [1.165, 1.54) is 0 Å². The van der Waals surface area contributed by atoms with Crippen LogP contribution in [0.3, 0.4) is 0 Å². The van der Waals surface area contributed by atoms with E-state index < -0.39 is 19.3 Å². The largest absolute Gasteiger partial charge is 0.312 e. The van der Waals surface area contributed by atoms with Gasteiger partial charge < -0.3 is 4.52 Å². The number of nitrogens with one attached hydrogen (secondary N) is 1. The molecule has 2 aromatic carbocycles. The first-order valence-corrected chi connectivity index (χ1v) is 10.8. The van der Waals surface area contributed by atoms with Gasteiger partial charge in [0, 0.05) is 6.54 Å². The van der Waals surface area contributed by atoms with Gasteiger partial charge in [-0.25, -0.2) is 5.09 Å². The molecule has 1 atom stereocenters. The second kappa shape index (κ2) is 8.61. The molecule has 1 N–H and O–H groups in total. The van der Waals surface area contributed by atoms with Crippen LogP contribution in [-0.2, 0) is 15.7 Å². The van der Waals surface area contributed by atoms with Crippen molar-refractivity contribution < 1.29 is 18.7 Å². The molecule has 2 aromatic rings. The predicted molar refractivity (Wildman–Crippen MR) is 104 cm³/mol. The summed E-state index contributed by atoms with van der Waals surface area (Å²) < 4.78 is 19.1. The van der Waals surface area contributed by atoms with Crippen LogP contribution in [0.25, 0.3) is 0 Å². The average molecular weight is 386 g/mol. The average Bonchev–Trinajstić information content (AvgIpc) is 2.93. The van der Waals surface area contributed by atoms with Crippen molar-refractivity contribution in [3.05, 3.63) is 71.3 Å². The molecule has 0 spiro atoms. The smallest absolute Gasteiger partial charge is 0.289 e. The number of fused-ring (bicyclic) bond motifs is 1. The van der Waals surface area contributed by atoms with Crippen LogP contribution in [0.4, 0.5) is 0 Å². The molecule has 3 rings (SSSR count). The van der Waals surface area contributed by atoms with E-state index in [2.05, 4.69) is 5.09 Å². The monoisotopic (exact) mass is 386 g/mol. The maximum atomic E-state index is 13.4. The van der Waals surface area contributed by atoms with E-state index in [0.29, 0.717) is 17.7 Å². The van der Waals surface area contributed by atoms with Crippen LogP contribution in [0.2, 0.25) is 0 Å². The van der Waals surface area contributed by atoms with Gasteiger partial charge in [-0.3, -0.25) is 19.1 Å². The molecule has 142 valence electrons. The van der Waals surface area contributed by atoms with Gasteiger partial charge in [-0.2, -0.15) is 0 Å². The van der Waals surface area contributed by atoms with Crippen molar-refractivity contribution >= 4 is 19.3 Å². The molecule has 7 heteroatoms. The van der Waals surface area contributed by atoms with Crippen LogP contribution in [0.1, 0.15) is 46.0 Å².